The lowest BCUT2D eigenvalue weighted by molar-refractivity contribution is -0.139. The molecule has 0 aromatic carbocycles. The molecule has 8 heteroatoms. The summed E-state index contributed by atoms with van der Waals surface area (Å²) >= 11 is 0. The van der Waals surface area contributed by atoms with Crippen molar-refractivity contribution in [3.8, 4) is 0 Å². The number of nitrogens with one attached hydrogen (secondary N) is 1. The second-order valence-corrected chi connectivity index (χ2v) is 2.91. The number of nitrogens with zero attached hydrogens (tertiary/aromatic N) is 3. The zero-order valence-corrected chi connectivity index (χ0v) is 8.84. The molecule has 0 atom stereocenters. The standard InChI is InChI=1S/C8H13N5O3/c1-16-7(14)4-10-8(15)6-5-13(3-2-9)12-11-6/h5H,2-4,9H2,1H3,(H,10,15). The zero-order chi connectivity index (χ0) is 12.0. The molecule has 16 heavy (non-hydrogen) atoms. The monoisotopic (exact) mass is 227 g/mol. The molecule has 1 aromatic rings. The average Bonchev–Trinajstić information content (AvgIpc) is 2.74. The number of esters is 1. The highest BCUT2D eigenvalue weighted by Gasteiger charge is 2.11. The van der Waals surface area contributed by atoms with E-state index in [4.69, 9.17) is 5.73 Å². The van der Waals surface area contributed by atoms with Crippen LogP contribution in [0, 0.1) is 0 Å². The van der Waals surface area contributed by atoms with Gasteiger partial charge in [0.15, 0.2) is 5.69 Å². The van der Waals surface area contributed by atoms with Gasteiger partial charge in [0.05, 0.1) is 19.9 Å². The lowest BCUT2D eigenvalue weighted by atomic mass is 10.4. The number of hydrogen-bond acceptors (Lipinski definition) is 6. The van der Waals surface area contributed by atoms with Gasteiger partial charge in [-0.2, -0.15) is 0 Å². The Morgan fingerprint density at radius 3 is 3.00 bits per heavy atom. The van der Waals surface area contributed by atoms with Gasteiger partial charge in [-0.15, -0.1) is 5.10 Å². The Kier molecular flexibility index (Phi) is 4.40. The third-order valence-corrected chi connectivity index (χ3v) is 1.75. The topological polar surface area (TPSA) is 112 Å². The molecular weight excluding hydrogens is 214 g/mol. The molecule has 1 aromatic heterocycles. The van der Waals surface area contributed by atoms with Crippen molar-refractivity contribution < 1.29 is 14.3 Å². The Hall–Kier alpha value is -1.96. The van der Waals surface area contributed by atoms with Gasteiger partial charge in [-0.25, -0.2) is 0 Å². The highest BCUT2D eigenvalue weighted by atomic mass is 16.5. The molecule has 0 fully saturated rings. The number of amides is 1. The molecule has 3 N–H and O–H groups in total. The molecule has 0 unspecified atom stereocenters. The minimum Gasteiger partial charge on any atom is -0.468 e. The number of ether oxygens (including phenoxy) is 1. The molecule has 1 rings (SSSR count). The molecular formula is C8H13N5O3. The zero-order valence-electron chi connectivity index (χ0n) is 8.84. The fourth-order valence-electron chi connectivity index (χ4n) is 0.959. The molecule has 0 aliphatic heterocycles. The number of methoxy groups -OCH3 is 1. The van der Waals surface area contributed by atoms with Gasteiger partial charge in [0.25, 0.3) is 5.91 Å². The number of nitrogens with two attached hydrogens (primary N) is 1. The van der Waals surface area contributed by atoms with Crippen LogP contribution in [0.1, 0.15) is 10.5 Å². The van der Waals surface area contributed by atoms with Crippen LogP contribution < -0.4 is 11.1 Å². The van der Waals surface area contributed by atoms with Crippen LogP contribution in [-0.4, -0.2) is 47.1 Å². The quantitative estimate of drug-likeness (QED) is 0.570. The highest BCUT2D eigenvalue weighted by Crippen LogP contribution is 1.92. The molecule has 88 valence electrons. The van der Waals surface area contributed by atoms with Crippen molar-refractivity contribution in [1.82, 2.24) is 20.3 Å². The van der Waals surface area contributed by atoms with Gasteiger partial charge in [-0.1, -0.05) is 5.21 Å². The average molecular weight is 227 g/mol. The van der Waals surface area contributed by atoms with Crippen LogP contribution in [0.15, 0.2) is 6.20 Å². The van der Waals surface area contributed by atoms with Crippen molar-refractivity contribution in [2.75, 3.05) is 20.2 Å². The maximum Gasteiger partial charge on any atom is 0.325 e. The van der Waals surface area contributed by atoms with E-state index in [-0.39, 0.29) is 12.2 Å². The van der Waals surface area contributed by atoms with Gasteiger partial charge in [-0.05, 0) is 0 Å². The highest BCUT2D eigenvalue weighted by molar-refractivity contribution is 5.93. The normalized spacial score (nSPS) is 9.88. The summed E-state index contributed by atoms with van der Waals surface area (Å²) in [6.45, 7) is 0.697. The van der Waals surface area contributed by atoms with Crippen LogP contribution in [0.4, 0.5) is 0 Å². The summed E-state index contributed by atoms with van der Waals surface area (Å²) < 4.78 is 5.82. The molecule has 0 aliphatic rings. The maximum atomic E-state index is 11.4. The van der Waals surface area contributed by atoms with E-state index in [0.29, 0.717) is 13.1 Å². The summed E-state index contributed by atoms with van der Waals surface area (Å²) in [7, 11) is 1.24. The molecule has 0 aliphatic carbocycles. The smallest absolute Gasteiger partial charge is 0.325 e. The molecule has 1 heterocycles. The van der Waals surface area contributed by atoms with Crippen molar-refractivity contribution in [3.63, 3.8) is 0 Å². The van der Waals surface area contributed by atoms with Crippen molar-refractivity contribution >= 4 is 11.9 Å². The summed E-state index contributed by atoms with van der Waals surface area (Å²) in [5, 5.41) is 9.66. The molecule has 0 saturated carbocycles. The van der Waals surface area contributed by atoms with Crippen LogP contribution >= 0.6 is 0 Å². The Labute approximate surface area is 91.7 Å². The first kappa shape index (κ1) is 12.1. The predicted octanol–water partition coefficient (Wildman–Crippen LogP) is -1.86. The van der Waals surface area contributed by atoms with Crippen LogP contribution in [0.25, 0.3) is 0 Å². The van der Waals surface area contributed by atoms with Gasteiger partial charge in [0.1, 0.15) is 6.54 Å². The lowest BCUT2D eigenvalue weighted by Crippen LogP contribution is -2.30. The second-order valence-electron chi connectivity index (χ2n) is 2.91. The Morgan fingerprint density at radius 1 is 1.62 bits per heavy atom. The summed E-state index contributed by atoms with van der Waals surface area (Å²) in [5.41, 5.74) is 5.45. The van der Waals surface area contributed by atoms with Gasteiger partial charge < -0.3 is 15.8 Å². The fraction of sp³-hybridized carbons (Fsp3) is 0.500. The van der Waals surface area contributed by atoms with Gasteiger partial charge >= 0.3 is 5.97 Å². The second kappa shape index (κ2) is 5.81. The maximum absolute atomic E-state index is 11.4. The van der Waals surface area contributed by atoms with Crippen molar-refractivity contribution in [3.05, 3.63) is 11.9 Å². The summed E-state index contributed by atoms with van der Waals surface area (Å²) in [4.78, 5) is 22.2. The SMILES string of the molecule is COC(=O)CNC(=O)c1cn(CCN)nn1. The Morgan fingerprint density at radius 2 is 2.38 bits per heavy atom. The number of rotatable bonds is 5. The summed E-state index contributed by atoms with van der Waals surface area (Å²) in [6.07, 6.45) is 1.46. The first-order valence-corrected chi connectivity index (χ1v) is 4.62. The van der Waals surface area contributed by atoms with Crippen LogP contribution in [0.3, 0.4) is 0 Å². The fourth-order valence-corrected chi connectivity index (χ4v) is 0.959. The molecule has 0 radical (unpaired) electrons. The van der Waals surface area contributed by atoms with Gasteiger partial charge in [-0.3, -0.25) is 14.3 Å². The number of hydrogen-bond donors (Lipinski definition) is 2. The third-order valence-electron chi connectivity index (χ3n) is 1.75. The van der Waals surface area contributed by atoms with Crippen LogP contribution in [-0.2, 0) is 16.1 Å². The van der Waals surface area contributed by atoms with Gasteiger partial charge in [0, 0.05) is 6.54 Å². The summed E-state index contributed by atoms with van der Waals surface area (Å²) in [6, 6.07) is 0. The van der Waals surface area contributed by atoms with E-state index >= 15 is 0 Å². The minimum absolute atomic E-state index is 0.136. The number of aromatic nitrogens is 3. The van der Waals surface area contributed by atoms with E-state index in [1.165, 1.54) is 18.0 Å². The van der Waals surface area contributed by atoms with Crippen molar-refractivity contribution in [2.45, 2.75) is 6.54 Å². The van der Waals surface area contributed by atoms with E-state index < -0.39 is 11.9 Å². The van der Waals surface area contributed by atoms with E-state index in [1.54, 1.807) is 0 Å². The summed E-state index contributed by atoms with van der Waals surface area (Å²) in [5.74, 6) is -1.00. The number of carbonyl (C=O) groups excluding carboxylic acids is 2. The Bertz CT molecular complexity index is 376. The van der Waals surface area contributed by atoms with Gasteiger partial charge in [0.2, 0.25) is 0 Å². The van der Waals surface area contributed by atoms with Crippen LogP contribution in [0.5, 0.6) is 0 Å². The third kappa shape index (κ3) is 3.31. The minimum atomic E-state index is -0.525. The first-order chi connectivity index (χ1) is 7.67. The Balaban J connectivity index is 2.49. The molecule has 1 amide bonds. The van der Waals surface area contributed by atoms with Crippen LogP contribution in [0.2, 0.25) is 0 Å². The van der Waals surface area contributed by atoms with E-state index in [9.17, 15) is 9.59 Å². The predicted molar refractivity (Wildman–Crippen MR) is 53.4 cm³/mol. The van der Waals surface area contributed by atoms with E-state index in [0.717, 1.165) is 0 Å². The van der Waals surface area contributed by atoms with E-state index in [1.807, 2.05) is 0 Å². The lowest BCUT2D eigenvalue weighted by Gasteiger charge is -2.00. The van der Waals surface area contributed by atoms with E-state index in [2.05, 4.69) is 20.4 Å². The number of carbonyl (C=O) groups is 2. The molecule has 0 bridgehead atoms. The van der Waals surface area contributed by atoms with Crippen molar-refractivity contribution in [2.24, 2.45) is 5.73 Å². The molecule has 0 spiro atoms. The first-order valence-electron chi connectivity index (χ1n) is 4.62. The molecule has 0 saturated heterocycles. The largest absolute Gasteiger partial charge is 0.468 e. The molecule has 8 nitrogen and oxygen atoms in total. The van der Waals surface area contributed by atoms with Crippen molar-refractivity contribution in [1.29, 1.82) is 0 Å².